The molecule has 126 valence electrons. The largest absolute Gasteiger partial charge is 0.373 e. The molecule has 1 heterocycles. The van der Waals surface area contributed by atoms with Gasteiger partial charge in [-0.05, 0) is 20.3 Å². The SMILES string of the molecule is CCCCCCCCCCCCCC1NCC(C)OC1C. The van der Waals surface area contributed by atoms with Gasteiger partial charge >= 0.3 is 0 Å². The van der Waals surface area contributed by atoms with E-state index in [1.807, 2.05) is 0 Å². The fourth-order valence-electron chi connectivity index (χ4n) is 3.36. The Labute approximate surface area is 133 Å². The summed E-state index contributed by atoms with van der Waals surface area (Å²) in [6.07, 6.45) is 17.7. The van der Waals surface area contributed by atoms with E-state index in [0.29, 0.717) is 18.2 Å². The number of unbranched alkanes of at least 4 members (excludes halogenated alkanes) is 10. The van der Waals surface area contributed by atoms with Gasteiger partial charge in [0.25, 0.3) is 0 Å². The molecular weight excluding hydrogens is 258 g/mol. The highest BCUT2D eigenvalue weighted by Crippen LogP contribution is 2.16. The van der Waals surface area contributed by atoms with Crippen LogP contribution in [0.4, 0.5) is 0 Å². The van der Waals surface area contributed by atoms with Crippen molar-refractivity contribution < 1.29 is 4.74 Å². The van der Waals surface area contributed by atoms with Gasteiger partial charge in [0, 0.05) is 12.6 Å². The summed E-state index contributed by atoms with van der Waals surface area (Å²) in [5.74, 6) is 0. The Bertz CT molecular complexity index is 232. The van der Waals surface area contributed by atoms with Crippen LogP contribution in [0.15, 0.2) is 0 Å². The molecule has 3 atom stereocenters. The van der Waals surface area contributed by atoms with Crippen LogP contribution < -0.4 is 5.32 Å². The van der Waals surface area contributed by atoms with E-state index in [0.717, 1.165) is 6.54 Å². The minimum atomic E-state index is 0.383. The summed E-state index contributed by atoms with van der Waals surface area (Å²) in [4.78, 5) is 0. The molecule has 1 N–H and O–H groups in total. The van der Waals surface area contributed by atoms with Gasteiger partial charge in [-0.2, -0.15) is 0 Å². The topological polar surface area (TPSA) is 21.3 Å². The van der Waals surface area contributed by atoms with Crippen LogP contribution in [0, 0.1) is 0 Å². The van der Waals surface area contributed by atoms with Crippen LogP contribution in [0.3, 0.4) is 0 Å². The zero-order chi connectivity index (χ0) is 15.3. The third kappa shape index (κ3) is 9.52. The highest BCUT2D eigenvalue weighted by atomic mass is 16.5. The number of ether oxygens (including phenoxy) is 1. The number of nitrogens with one attached hydrogen (secondary N) is 1. The molecule has 0 spiro atoms. The zero-order valence-corrected chi connectivity index (χ0v) is 14.8. The summed E-state index contributed by atoms with van der Waals surface area (Å²) in [6, 6.07) is 0.583. The molecule has 0 radical (unpaired) electrons. The van der Waals surface area contributed by atoms with Crippen molar-refractivity contribution in [3.63, 3.8) is 0 Å². The second-order valence-corrected chi connectivity index (χ2v) is 6.99. The Morgan fingerprint density at radius 3 is 1.86 bits per heavy atom. The van der Waals surface area contributed by atoms with Crippen LogP contribution >= 0.6 is 0 Å². The van der Waals surface area contributed by atoms with Crippen LogP contribution in [-0.4, -0.2) is 24.8 Å². The Hall–Kier alpha value is -0.0800. The van der Waals surface area contributed by atoms with Gasteiger partial charge in [-0.15, -0.1) is 0 Å². The first kappa shape index (κ1) is 19.0. The van der Waals surface area contributed by atoms with E-state index < -0.39 is 0 Å². The van der Waals surface area contributed by atoms with Gasteiger partial charge in [0.15, 0.2) is 0 Å². The van der Waals surface area contributed by atoms with Gasteiger partial charge in [-0.3, -0.25) is 0 Å². The van der Waals surface area contributed by atoms with Crippen LogP contribution in [0.5, 0.6) is 0 Å². The van der Waals surface area contributed by atoms with Gasteiger partial charge < -0.3 is 10.1 Å². The summed E-state index contributed by atoms with van der Waals surface area (Å²) in [5, 5.41) is 3.63. The molecule has 1 rings (SSSR count). The summed E-state index contributed by atoms with van der Waals surface area (Å²) in [7, 11) is 0. The molecule has 0 aromatic heterocycles. The second-order valence-electron chi connectivity index (χ2n) is 6.99. The quantitative estimate of drug-likeness (QED) is 0.483. The van der Waals surface area contributed by atoms with Crippen molar-refractivity contribution in [1.29, 1.82) is 0 Å². The lowest BCUT2D eigenvalue weighted by molar-refractivity contribution is -0.0458. The molecule has 3 unspecified atom stereocenters. The molecule has 0 saturated carbocycles. The lowest BCUT2D eigenvalue weighted by Crippen LogP contribution is -2.50. The van der Waals surface area contributed by atoms with E-state index in [9.17, 15) is 0 Å². The Balaban J connectivity index is 1.82. The molecule has 1 saturated heterocycles. The smallest absolute Gasteiger partial charge is 0.0704 e. The summed E-state index contributed by atoms with van der Waals surface area (Å²) >= 11 is 0. The van der Waals surface area contributed by atoms with Gasteiger partial charge in [-0.1, -0.05) is 77.6 Å². The van der Waals surface area contributed by atoms with Crippen molar-refractivity contribution in [3.8, 4) is 0 Å². The molecule has 1 aliphatic heterocycles. The number of rotatable bonds is 12. The molecule has 0 aromatic carbocycles. The highest BCUT2D eigenvalue weighted by molar-refractivity contribution is 4.80. The molecule has 0 aromatic rings. The van der Waals surface area contributed by atoms with E-state index in [2.05, 4.69) is 26.1 Å². The first-order chi connectivity index (χ1) is 10.2. The Morgan fingerprint density at radius 2 is 1.33 bits per heavy atom. The Morgan fingerprint density at radius 1 is 0.810 bits per heavy atom. The molecule has 21 heavy (non-hydrogen) atoms. The molecule has 0 amide bonds. The predicted molar refractivity (Wildman–Crippen MR) is 92.9 cm³/mol. The molecule has 2 heteroatoms. The van der Waals surface area contributed by atoms with Crippen LogP contribution in [0.2, 0.25) is 0 Å². The summed E-state index contributed by atoms with van der Waals surface area (Å²) < 4.78 is 5.89. The van der Waals surface area contributed by atoms with Gasteiger partial charge in [0.05, 0.1) is 12.2 Å². The summed E-state index contributed by atoms with van der Waals surface area (Å²) in [5.41, 5.74) is 0. The summed E-state index contributed by atoms with van der Waals surface area (Å²) in [6.45, 7) is 7.68. The fourth-order valence-corrected chi connectivity index (χ4v) is 3.36. The molecule has 0 bridgehead atoms. The van der Waals surface area contributed by atoms with Crippen molar-refractivity contribution >= 4 is 0 Å². The predicted octanol–water partition coefficient (Wildman–Crippen LogP) is 5.45. The van der Waals surface area contributed by atoms with E-state index in [1.54, 1.807) is 0 Å². The van der Waals surface area contributed by atoms with Crippen molar-refractivity contribution in [2.45, 2.75) is 116 Å². The van der Waals surface area contributed by atoms with E-state index >= 15 is 0 Å². The van der Waals surface area contributed by atoms with Crippen molar-refractivity contribution in [3.05, 3.63) is 0 Å². The van der Waals surface area contributed by atoms with Crippen LogP contribution in [-0.2, 0) is 4.74 Å². The van der Waals surface area contributed by atoms with Crippen LogP contribution in [0.1, 0.15) is 97.8 Å². The lowest BCUT2D eigenvalue weighted by atomic mass is 10.0. The van der Waals surface area contributed by atoms with E-state index in [4.69, 9.17) is 4.74 Å². The minimum absolute atomic E-state index is 0.383. The van der Waals surface area contributed by atoms with Crippen LogP contribution in [0.25, 0.3) is 0 Å². The average Bonchev–Trinajstić information content (AvgIpc) is 2.46. The number of hydrogen-bond donors (Lipinski definition) is 1. The first-order valence-corrected chi connectivity index (χ1v) is 9.63. The maximum Gasteiger partial charge on any atom is 0.0704 e. The maximum absolute atomic E-state index is 5.89. The van der Waals surface area contributed by atoms with E-state index in [-0.39, 0.29) is 0 Å². The molecule has 0 aliphatic carbocycles. The monoisotopic (exact) mass is 297 g/mol. The van der Waals surface area contributed by atoms with Crippen molar-refractivity contribution in [2.75, 3.05) is 6.54 Å². The molecule has 2 nitrogen and oxygen atoms in total. The molecule has 1 fully saturated rings. The number of hydrogen-bond acceptors (Lipinski definition) is 2. The van der Waals surface area contributed by atoms with Gasteiger partial charge in [0.1, 0.15) is 0 Å². The average molecular weight is 298 g/mol. The number of morpholine rings is 1. The van der Waals surface area contributed by atoms with E-state index in [1.165, 1.54) is 77.0 Å². The standard InChI is InChI=1S/C19H39NO/c1-4-5-6-7-8-9-10-11-12-13-14-15-19-18(3)21-17(2)16-20-19/h17-20H,4-16H2,1-3H3. The van der Waals surface area contributed by atoms with Crippen molar-refractivity contribution in [1.82, 2.24) is 5.32 Å². The molecular formula is C19H39NO. The fraction of sp³-hybridized carbons (Fsp3) is 1.00. The second kappa shape index (κ2) is 12.5. The minimum Gasteiger partial charge on any atom is -0.373 e. The molecule has 1 aliphatic rings. The van der Waals surface area contributed by atoms with Gasteiger partial charge in [0.2, 0.25) is 0 Å². The third-order valence-corrected chi connectivity index (χ3v) is 4.80. The first-order valence-electron chi connectivity index (χ1n) is 9.63. The van der Waals surface area contributed by atoms with Crippen molar-refractivity contribution in [2.24, 2.45) is 0 Å². The zero-order valence-electron chi connectivity index (χ0n) is 14.8. The Kier molecular flexibility index (Phi) is 11.3. The maximum atomic E-state index is 5.89. The normalized spacial score (nSPS) is 26.1. The third-order valence-electron chi connectivity index (χ3n) is 4.80. The lowest BCUT2D eigenvalue weighted by Gasteiger charge is -2.34. The van der Waals surface area contributed by atoms with Gasteiger partial charge in [-0.25, -0.2) is 0 Å². The highest BCUT2D eigenvalue weighted by Gasteiger charge is 2.24.